The second kappa shape index (κ2) is 5.61. The number of nitrogen functional groups attached to an aromatic ring is 1. The number of anilines is 1. The Morgan fingerprint density at radius 3 is 2.48 bits per heavy atom. The Morgan fingerprint density at radius 2 is 1.81 bits per heavy atom. The first-order chi connectivity index (χ1) is 9.65. The Kier molecular flexibility index (Phi) is 4.36. The lowest BCUT2D eigenvalue weighted by Gasteiger charge is -2.24. The lowest BCUT2D eigenvalue weighted by molar-refractivity contribution is 0.315. The molecule has 5 heteroatoms. The summed E-state index contributed by atoms with van der Waals surface area (Å²) in [7, 11) is -3.51. The lowest BCUT2D eigenvalue weighted by atomic mass is 9.85. The summed E-state index contributed by atoms with van der Waals surface area (Å²) in [5, 5.41) is 0. The first kappa shape index (κ1) is 16.3. The predicted octanol–water partition coefficient (Wildman–Crippen LogP) is 3.09. The average Bonchev–Trinajstić information content (AvgIpc) is 2.55. The number of nitrogens with two attached hydrogens (primary N) is 1. The summed E-state index contributed by atoms with van der Waals surface area (Å²) in [4.78, 5) is 0.294. The predicted molar refractivity (Wildman–Crippen MR) is 86.7 cm³/mol. The standard InChI is InChI=1S/C16H26N2O2S/c1-12-6-7-14(17)15(13(12)2)21(19,20)18-10-5-8-16(3,4)9-11-18/h6-7H,5,8-11,17H2,1-4H3. The Morgan fingerprint density at radius 1 is 1.14 bits per heavy atom. The molecule has 0 aromatic heterocycles. The van der Waals surface area contributed by atoms with E-state index in [0.29, 0.717) is 23.7 Å². The molecule has 118 valence electrons. The van der Waals surface area contributed by atoms with Gasteiger partial charge in [0.05, 0.1) is 5.69 Å². The van der Waals surface area contributed by atoms with Crippen molar-refractivity contribution in [2.75, 3.05) is 18.8 Å². The molecule has 1 aliphatic heterocycles. The molecule has 0 spiro atoms. The molecule has 1 aromatic rings. The number of sulfonamides is 1. The van der Waals surface area contributed by atoms with Crippen LogP contribution in [0.2, 0.25) is 0 Å². The third kappa shape index (κ3) is 3.24. The molecule has 2 N–H and O–H groups in total. The van der Waals surface area contributed by atoms with Crippen molar-refractivity contribution in [1.82, 2.24) is 4.31 Å². The molecule has 0 bridgehead atoms. The molecule has 0 amide bonds. The zero-order valence-corrected chi connectivity index (χ0v) is 14.3. The zero-order valence-electron chi connectivity index (χ0n) is 13.4. The minimum Gasteiger partial charge on any atom is -0.398 e. The SMILES string of the molecule is Cc1ccc(N)c(S(=O)(=O)N2CCCC(C)(C)CC2)c1C. The van der Waals surface area contributed by atoms with Gasteiger partial charge >= 0.3 is 0 Å². The summed E-state index contributed by atoms with van der Waals surface area (Å²) in [6.45, 7) is 9.31. The van der Waals surface area contributed by atoms with Crippen molar-refractivity contribution in [3.63, 3.8) is 0 Å². The highest BCUT2D eigenvalue weighted by molar-refractivity contribution is 7.89. The summed E-state index contributed by atoms with van der Waals surface area (Å²) >= 11 is 0. The van der Waals surface area contributed by atoms with Crippen molar-refractivity contribution in [2.45, 2.75) is 51.9 Å². The number of rotatable bonds is 2. The lowest BCUT2D eigenvalue weighted by Crippen LogP contribution is -2.33. The van der Waals surface area contributed by atoms with Gasteiger partial charge in [0.1, 0.15) is 4.90 Å². The minimum atomic E-state index is -3.51. The minimum absolute atomic E-state index is 0.206. The van der Waals surface area contributed by atoms with Crippen LogP contribution < -0.4 is 5.73 Å². The third-order valence-electron chi connectivity index (χ3n) is 4.60. The van der Waals surface area contributed by atoms with Gasteiger partial charge in [-0.05, 0) is 55.7 Å². The normalized spacial score (nSPS) is 20.2. The molecule has 2 rings (SSSR count). The number of benzene rings is 1. The van der Waals surface area contributed by atoms with Crippen LogP contribution in [0.4, 0.5) is 5.69 Å². The van der Waals surface area contributed by atoms with Gasteiger partial charge in [0.2, 0.25) is 10.0 Å². The van der Waals surface area contributed by atoms with Crippen LogP contribution in [0.25, 0.3) is 0 Å². The monoisotopic (exact) mass is 310 g/mol. The Balaban J connectivity index is 2.41. The maximum Gasteiger partial charge on any atom is 0.245 e. The molecule has 1 aromatic carbocycles. The van der Waals surface area contributed by atoms with Crippen LogP contribution in [0.3, 0.4) is 0 Å². The number of hydrogen-bond acceptors (Lipinski definition) is 3. The first-order valence-corrected chi connectivity index (χ1v) is 8.95. The molecule has 0 unspecified atom stereocenters. The number of aryl methyl sites for hydroxylation is 1. The summed E-state index contributed by atoms with van der Waals surface area (Å²) in [5.74, 6) is 0. The van der Waals surface area contributed by atoms with E-state index >= 15 is 0 Å². The topological polar surface area (TPSA) is 63.4 Å². The van der Waals surface area contributed by atoms with Crippen molar-refractivity contribution >= 4 is 15.7 Å². The van der Waals surface area contributed by atoms with Gasteiger partial charge in [-0.25, -0.2) is 8.42 Å². The fraction of sp³-hybridized carbons (Fsp3) is 0.625. The summed E-state index contributed by atoms with van der Waals surface area (Å²) in [6.07, 6.45) is 2.84. The molecular weight excluding hydrogens is 284 g/mol. The number of nitrogens with zero attached hydrogens (tertiary/aromatic N) is 1. The largest absolute Gasteiger partial charge is 0.398 e. The fourth-order valence-electron chi connectivity index (χ4n) is 2.92. The second-order valence-electron chi connectivity index (χ2n) is 6.85. The van der Waals surface area contributed by atoms with Gasteiger partial charge < -0.3 is 5.73 Å². The van der Waals surface area contributed by atoms with Crippen molar-refractivity contribution in [1.29, 1.82) is 0 Å². The third-order valence-corrected chi connectivity index (χ3v) is 6.71. The van der Waals surface area contributed by atoms with Crippen molar-refractivity contribution in [3.05, 3.63) is 23.3 Å². The molecule has 1 saturated heterocycles. The van der Waals surface area contributed by atoms with E-state index in [9.17, 15) is 8.42 Å². The molecular formula is C16H26N2O2S. The Bertz CT molecular complexity index is 636. The Labute approximate surface area is 128 Å². The van der Waals surface area contributed by atoms with Crippen LogP contribution in [0.15, 0.2) is 17.0 Å². The van der Waals surface area contributed by atoms with E-state index in [2.05, 4.69) is 13.8 Å². The fourth-order valence-corrected chi connectivity index (χ4v) is 4.79. The quantitative estimate of drug-likeness (QED) is 0.854. The van der Waals surface area contributed by atoms with E-state index in [0.717, 1.165) is 30.4 Å². The van der Waals surface area contributed by atoms with Gasteiger partial charge in [-0.1, -0.05) is 19.9 Å². The molecule has 21 heavy (non-hydrogen) atoms. The van der Waals surface area contributed by atoms with Crippen molar-refractivity contribution < 1.29 is 8.42 Å². The highest BCUT2D eigenvalue weighted by Crippen LogP contribution is 2.34. The molecule has 0 saturated carbocycles. The van der Waals surface area contributed by atoms with Crippen LogP contribution in [-0.2, 0) is 10.0 Å². The second-order valence-corrected chi connectivity index (χ2v) is 8.72. The molecule has 0 atom stereocenters. The van der Waals surface area contributed by atoms with Crippen LogP contribution in [-0.4, -0.2) is 25.8 Å². The van der Waals surface area contributed by atoms with Gasteiger partial charge in [0, 0.05) is 13.1 Å². The summed E-state index contributed by atoms with van der Waals surface area (Å²) < 4.78 is 27.6. The summed E-state index contributed by atoms with van der Waals surface area (Å²) in [5.41, 5.74) is 8.24. The molecule has 1 aliphatic rings. The van der Waals surface area contributed by atoms with E-state index in [-0.39, 0.29) is 5.41 Å². The van der Waals surface area contributed by atoms with Crippen LogP contribution >= 0.6 is 0 Å². The molecule has 1 heterocycles. The maximum absolute atomic E-state index is 13.0. The van der Waals surface area contributed by atoms with E-state index in [1.54, 1.807) is 10.4 Å². The molecule has 1 fully saturated rings. The van der Waals surface area contributed by atoms with Gasteiger partial charge in [0.25, 0.3) is 0 Å². The van der Waals surface area contributed by atoms with E-state index in [1.165, 1.54) is 0 Å². The van der Waals surface area contributed by atoms with Gasteiger partial charge in [-0.2, -0.15) is 4.31 Å². The Hall–Kier alpha value is -1.07. The van der Waals surface area contributed by atoms with Gasteiger partial charge in [-0.3, -0.25) is 0 Å². The van der Waals surface area contributed by atoms with Crippen molar-refractivity contribution in [3.8, 4) is 0 Å². The van der Waals surface area contributed by atoms with Crippen LogP contribution in [0.5, 0.6) is 0 Å². The summed E-state index contributed by atoms with van der Waals surface area (Å²) in [6, 6.07) is 3.56. The van der Waals surface area contributed by atoms with Crippen LogP contribution in [0, 0.1) is 19.3 Å². The van der Waals surface area contributed by atoms with E-state index in [4.69, 9.17) is 5.73 Å². The highest BCUT2D eigenvalue weighted by Gasteiger charge is 2.32. The smallest absolute Gasteiger partial charge is 0.245 e. The first-order valence-electron chi connectivity index (χ1n) is 7.51. The average molecular weight is 310 g/mol. The molecule has 4 nitrogen and oxygen atoms in total. The van der Waals surface area contributed by atoms with E-state index < -0.39 is 10.0 Å². The van der Waals surface area contributed by atoms with E-state index in [1.807, 2.05) is 19.9 Å². The maximum atomic E-state index is 13.0. The van der Waals surface area contributed by atoms with Crippen LogP contribution in [0.1, 0.15) is 44.2 Å². The molecule has 0 aliphatic carbocycles. The highest BCUT2D eigenvalue weighted by atomic mass is 32.2. The van der Waals surface area contributed by atoms with Gasteiger partial charge in [0.15, 0.2) is 0 Å². The molecule has 0 radical (unpaired) electrons. The van der Waals surface area contributed by atoms with Gasteiger partial charge in [-0.15, -0.1) is 0 Å². The van der Waals surface area contributed by atoms with Crippen molar-refractivity contribution in [2.24, 2.45) is 5.41 Å². The number of hydrogen-bond donors (Lipinski definition) is 1. The zero-order chi connectivity index (χ0) is 15.8.